The van der Waals surface area contributed by atoms with Crippen molar-refractivity contribution in [2.24, 2.45) is 0 Å². The molecule has 42 heavy (non-hydrogen) atoms. The number of halogens is 1. The van der Waals surface area contributed by atoms with Gasteiger partial charge in [0, 0.05) is 23.9 Å². The van der Waals surface area contributed by atoms with Gasteiger partial charge in [0.15, 0.2) is 0 Å². The zero-order valence-corrected chi connectivity index (χ0v) is 24.9. The van der Waals surface area contributed by atoms with Gasteiger partial charge in [0.1, 0.15) is 11.5 Å². The Labute approximate surface area is 250 Å². The molecule has 3 heterocycles. The smallest absolute Gasteiger partial charge is 0.340 e. The molecule has 2 aliphatic rings. The van der Waals surface area contributed by atoms with E-state index < -0.39 is 16.0 Å². The first-order valence-corrected chi connectivity index (χ1v) is 15.3. The lowest BCUT2D eigenvalue weighted by molar-refractivity contribution is -0.136. The van der Waals surface area contributed by atoms with Crippen LogP contribution in [0.3, 0.4) is 0 Å². The summed E-state index contributed by atoms with van der Waals surface area (Å²) in [5, 5.41) is 0.548. The number of benzene rings is 2. The van der Waals surface area contributed by atoms with E-state index in [4.69, 9.17) is 25.5 Å². The molecule has 1 amide bonds. The second-order valence-corrected chi connectivity index (χ2v) is 12.5. The number of carbonyl (C=O) groups excluding carboxylic acids is 2. The summed E-state index contributed by atoms with van der Waals surface area (Å²) in [5.41, 5.74) is 1.55. The molecule has 0 aliphatic carbocycles. The number of methoxy groups -OCH3 is 1. The molecule has 2 aromatic carbocycles. The summed E-state index contributed by atoms with van der Waals surface area (Å²) in [6, 6.07) is 18.4. The minimum atomic E-state index is -3.90. The Bertz CT molecular complexity index is 1620. The standard InChI is InChI=1S/C31H31ClN2O7S/c1-21-29(31(36)39-2)28(30(35)34(21)20-25-7-6-16-40-25)17-24-14-15-26(41-24)19-33(18-22-10-12-23(32)13-11-22)42(37,38)27-8-4-3-5-9-27/h3-5,8-15,17,25H,6-7,16,18-20H2,1-2H3/b28-17+/t25-/m0/s1. The third-order valence-electron chi connectivity index (χ3n) is 7.27. The molecular weight excluding hydrogens is 580 g/mol. The number of ether oxygens (including phenoxy) is 2. The number of nitrogens with zero attached hydrogens (tertiary/aromatic N) is 2. The van der Waals surface area contributed by atoms with Gasteiger partial charge in [-0.05, 0) is 67.8 Å². The average molecular weight is 611 g/mol. The molecule has 0 bridgehead atoms. The third-order valence-corrected chi connectivity index (χ3v) is 9.32. The van der Waals surface area contributed by atoms with E-state index in [2.05, 4.69) is 0 Å². The highest BCUT2D eigenvalue weighted by Crippen LogP contribution is 2.33. The van der Waals surface area contributed by atoms with E-state index in [9.17, 15) is 18.0 Å². The maximum absolute atomic E-state index is 13.6. The lowest BCUT2D eigenvalue weighted by Gasteiger charge is -2.21. The maximum Gasteiger partial charge on any atom is 0.340 e. The summed E-state index contributed by atoms with van der Waals surface area (Å²) < 4.78 is 45.3. The predicted molar refractivity (Wildman–Crippen MR) is 156 cm³/mol. The van der Waals surface area contributed by atoms with Crippen LogP contribution in [0.1, 0.15) is 36.8 Å². The van der Waals surface area contributed by atoms with E-state index in [1.165, 1.54) is 22.4 Å². The monoisotopic (exact) mass is 610 g/mol. The predicted octanol–water partition coefficient (Wildman–Crippen LogP) is 5.18. The first-order chi connectivity index (χ1) is 20.2. The quantitative estimate of drug-likeness (QED) is 0.230. The van der Waals surface area contributed by atoms with Crippen LogP contribution >= 0.6 is 11.6 Å². The largest absolute Gasteiger partial charge is 0.465 e. The summed E-state index contributed by atoms with van der Waals surface area (Å²) in [7, 11) is -2.63. The SMILES string of the molecule is COC(=O)C1=C(C)N(C[C@@H]2CCCO2)C(=O)/C1=C/c1ccc(CN(Cc2ccc(Cl)cc2)S(=O)(=O)c2ccccc2)o1. The molecule has 1 saturated heterocycles. The maximum atomic E-state index is 13.6. The topological polar surface area (TPSA) is 106 Å². The molecule has 0 unspecified atom stereocenters. The van der Waals surface area contributed by atoms with Crippen LogP contribution in [0.5, 0.6) is 0 Å². The second-order valence-electron chi connectivity index (χ2n) is 10.1. The second kappa shape index (κ2) is 12.7. The Morgan fingerprint density at radius 3 is 2.50 bits per heavy atom. The van der Waals surface area contributed by atoms with Crippen molar-refractivity contribution in [3.8, 4) is 0 Å². The summed E-state index contributed by atoms with van der Waals surface area (Å²) in [4.78, 5) is 27.8. The van der Waals surface area contributed by atoms with Crippen LogP contribution in [0.2, 0.25) is 5.02 Å². The van der Waals surface area contributed by atoms with Gasteiger partial charge in [-0.1, -0.05) is 41.9 Å². The lowest BCUT2D eigenvalue weighted by Crippen LogP contribution is -2.33. The Morgan fingerprint density at radius 2 is 1.83 bits per heavy atom. The summed E-state index contributed by atoms with van der Waals surface area (Å²) in [5.74, 6) is -0.323. The minimum absolute atomic E-state index is 0.0686. The van der Waals surface area contributed by atoms with Gasteiger partial charge in [-0.2, -0.15) is 4.31 Å². The highest BCUT2D eigenvalue weighted by molar-refractivity contribution is 7.89. The van der Waals surface area contributed by atoms with Gasteiger partial charge in [-0.3, -0.25) is 4.79 Å². The molecule has 220 valence electrons. The van der Waals surface area contributed by atoms with Crippen LogP contribution in [0.15, 0.2) is 92.9 Å². The van der Waals surface area contributed by atoms with Gasteiger partial charge >= 0.3 is 5.97 Å². The number of furan rings is 1. The highest BCUT2D eigenvalue weighted by Gasteiger charge is 2.38. The van der Waals surface area contributed by atoms with E-state index in [0.29, 0.717) is 35.4 Å². The summed E-state index contributed by atoms with van der Waals surface area (Å²) in [6.07, 6.45) is 3.15. The zero-order valence-electron chi connectivity index (χ0n) is 23.3. The first-order valence-electron chi connectivity index (χ1n) is 13.5. The highest BCUT2D eigenvalue weighted by atomic mass is 35.5. The molecule has 0 saturated carbocycles. The molecule has 0 spiro atoms. The molecule has 0 radical (unpaired) electrons. The van der Waals surface area contributed by atoms with E-state index in [0.717, 1.165) is 18.4 Å². The average Bonchev–Trinajstić information content (AvgIpc) is 3.72. The van der Waals surface area contributed by atoms with Crippen LogP contribution in [-0.4, -0.2) is 55.9 Å². The van der Waals surface area contributed by atoms with Crippen molar-refractivity contribution in [1.29, 1.82) is 0 Å². The number of rotatable bonds is 10. The van der Waals surface area contributed by atoms with Crippen molar-refractivity contribution >= 4 is 39.6 Å². The van der Waals surface area contributed by atoms with Crippen LogP contribution < -0.4 is 0 Å². The Kier molecular flexibility index (Phi) is 8.98. The number of allylic oxidation sites excluding steroid dienone is 1. The van der Waals surface area contributed by atoms with Crippen molar-refractivity contribution in [2.45, 2.75) is 43.9 Å². The number of esters is 1. The number of sulfonamides is 1. The van der Waals surface area contributed by atoms with Crippen LogP contribution in [-0.2, 0) is 42.2 Å². The van der Waals surface area contributed by atoms with Gasteiger partial charge in [0.05, 0.1) is 42.3 Å². The molecule has 9 nitrogen and oxygen atoms in total. The van der Waals surface area contributed by atoms with Crippen molar-refractivity contribution in [1.82, 2.24) is 9.21 Å². The van der Waals surface area contributed by atoms with Crippen molar-refractivity contribution in [3.63, 3.8) is 0 Å². The normalized spacial score (nSPS) is 18.5. The fourth-order valence-corrected chi connectivity index (χ4v) is 6.62. The van der Waals surface area contributed by atoms with Crippen molar-refractivity contribution < 1.29 is 31.9 Å². The molecule has 0 N–H and O–H groups in total. The van der Waals surface area contributed by atoms with E-state index in [1.54, 1.807) is 73.7 Å². The van der Waals surface area contributed by atoms with Crippen LogP contribution in [0.4, 0.5) is 0 Å². The van der Waals surface area contributed by atoms with Gasteiger partial charge < -0.3 is 18.8 Å². The summed E-state index contributed by atoms with van der Waals surface area (Å²) in [6.45, 7) is 2.70. The Morgan fingerprint density at radius 1 is 1.10 bits per heavy atom. The zero-order chi connectivity index (χ0) is 29.9. The van der Waals surface area contributed by atoms with Crippen LogP contribution in [0.25, 0.3) is 6.08 Å². The van der Waals surface area contributed by atoms with Gasteiger partial charge in [0.2, 0.25) is 10.0 Å². The summed E-state index contributed by atoms with van der Waals surface area (Å²) >= 11 is 6.03. The van der Waals surface area contributed by atoms with Crippen molar-refractivity contribution in [2.75, 3.05) is 20.3 Å². The molecule has 1 aromatic heterocycles. The Hall–Kier alpha value is -3.70. The van der Waals surface area contributed by atoms with Gasteiger partial charge in [0.25, 0.3) is 5.91 Å². The fourth-order valence-electron chi connectivity index (χ4n) is 5.07. The molecule has 5 rings (SSSR count). The van der Waals surface area contributed by atoms with Crippen molar-refractivity contribution in [3.05, 3.63) is 106 Å². The molecule has 3 aromatic rings. The van der Waals surface area contributed by atoms with E-state index >= 15 is 0 Å². The fraction of sp³-hybridized carbons (Fsp3) is 0.290. The first kappa shape index (κ1) is 29.8. The Balaban J connectivity index is 1.43. The molecular formula is C31H31ClN2O7S. The number of carbonyl (C=O) groups is 2. The van der Waals surface area contributed by atoms with E-state index in [-0.39, 0.29) is 41.1 Å². The lowest BCUT2D eigenvalue weighted by atomic mass is 10.1. The number of hydrogen-bond donors (Lipinski definition) is 0. The van der Waals surface area contributed by atoms with Gasteiger partial charge in [-0.15, -0.1) is 0 Å². The number of amides is 1. The minimum Gasteiger partial charge on any atom is -0.465 e. The number of hydrogen-bond acceptors (Lipinski definition) is 7. The third kappa shape index (κ3) is 6.37. The molecule has 1 atom stereocenters. The molecule has 11 heteroatoms. The molecule has 2 aliphatic heterocycles. The van der Waals surface area contributed by atoms with Gasteiger partial charge in [-0.25, -0.2) is 13.2 Å². The van der Waals surface area contributed by atoms with E-state index in [1.807, 2.05) is 0 Å². The molecule has 1 fully saturated rings. The van der Waals surface area contributed by atoms with Crippen LogP contribution in [0, 0.1) is 0 Å².